The van der Waals surface area contributed by atoms with Crippen molar-refractivity contribution >= 4 is 19.7 Å². The average Bonchev–Trinajstić information content (AvgIpc) is 2.01. The third-order valence-electron chi connectivity index (χ3n) is 1.26. The number of halogens is 4. The van der Waals surface area contributed by atoms with E-state index in [0.29, 0.717) is 12.1 Å². The van der Waals surface area contributed by atoms with Gasteiger partial charge in [-0.2, -0.15) is 0 Å². The quantitative estimate of drug-likeness (QED) is 0.750. The monoisotopic (exact) mass is 245 g/mol. The molecule has 0 aromatic carbocycles. The minimum atomic E-state index is -4.29. The molecule has 1 heterocycles. The molecule has 0 radical (unpaired) electrons. The number of pyridine rings is 1. The molecule has 0 fully saturated rings. The molecule has 0 atom stereocenters. The Hall–Kier alpha value is -0.820. The molecule has 1 aromatic heterocycles. The molecular formula is C6H3ClF3NO2S. The smallest absolute Gasteiger partial charge is 0.234 e. The molecule has 0 unspecified atom stereocenters. The maximum Gasteiger partial charge on any atom is 0.280 e. The first-order chi connectivity index (χ1) is 6.30. The van der Waals surface area contributed by atoms with Gasteiger partial charge in [0.05, 0.1) is 0 Å². The standard InChI is InChI=1S/C6H3ClF3NO2S/c7-14(12,13)5-2-3(8)1-4(11-5)6(9)10/h1-2,6H. The van der Waals surface area contributed by atoms with E-state index in [1.54, 1.807) is 0 Å². The van der Waals surface area contributed by atoms with Crippen molar-refractivity contribution in [2.24, 2.45) is 0 Å². The molecule has 3 nitrogen and oxygen atoms in total. The van der Waals surface area contributed by atoms with E-state index in [1.165, 1.54) is 0 Å². The van der Waals surface area contributed by atoms with Crippen LogP contribution >= 0.6 is 10.7 Å². The molecule has 0 amide bonds. The molecule has 78 valence electrons. The normalized spacial score (nSPS) is 12.1. The summed E-state index contributed by atoms with van der Waals surface area (Å²) in [7, 11) is 0.512. The number of hydrogen-bond donors (Lipinski definition) is 0. The zero-order chi connectivity index (χ0) is 10.9. The molecule has 14 heavy (non-hydrogen) atoms. The van der Waals surface area contributed by atoms with Crippen molar-refractivity contribution in [3.05, 3.63) is 23.6 Å². The predicted molar refractivity (Wildman–Crippen MR) is 42.2 cm³/mol. The highest BCUT2D eigenvalue weighted by Gasteiger charge is 2.18. The Morgan fingerprint density at radius 1 is 1.36 bits per heavy atom. The van der Waals surface area contributed by atoms with E-state index >= 15 is 0 Å². The van der Waals surface area contributed by atoms with E-state index in [-0.39, 0.29) is 0 Å². The lowest BCUT2D eigenvalue weighted by Crippen LogP contribution is -2.00. The lowest BCUT2D eigenvalue weighted by Gasteiger charge is -2.01. The first-order valence-corrected chi connectivity index (χ1v) is 5.52. The summed E-state index contributed by atoms with van der Waals surface area (Å²) in [5, 5.41) is -0.922. The third-order valence-corrected chi connectivity index (χ3v) is 2.44. The summed E-state index contributed by atoms with van der Waals surface area (Å²) >= 11 is 0. The van der Waals surface area contributed by atoms with Gasteiger partial charge in [0.15, 0.2) is 5.03 Å². The van der Waals surface area contributed by atoms with Crippen LogP contribution in [0.5, 0.6) is 0 Å². The zero-order valence-corrected chi connectivity index (χ0v) is 7.99. The van der Waals surface area contributed by atoms with Crippen LogP contribution in [0.3, 0.4) is 0 Å². The number of alkyl halides is 2. The summed E-state index contributed by atoms with van der Waals surface area (Å²) in [6, 6.07) is 0.907. The van der Waals surface area contributed by atoms with Crippen molar-refractivity contribution < 1.29 is 21.6 Å². The van der Waals surface area contributed by atoms with E-state index in [2.05, 4.69) is 4.98 Å². The summed E-state index contributed by atoms with van der Waals surface area (Å²) in [6.45, 7) is 0. The summed E-state index contributed by atoms with van der Waals surface area (Å²) in [5.41, 5.74) is -0.968. The Labute approximate surface area is 81.9 Å². The van der Waals surface area contributed by atoms with E-state index in [9.17, 15) is 21.6 Å². The highest BCUT2D eigenvalue weighted by molar-refractivity contribution is 8.13. The van der Waals surface area contributed by atoms with Gasteiger partial charge in [-0.1, -0.05) is 0 Å². The molecule has 0 N–H and O–H groups in total. The molecule has 8 heteroatoms. The maximum atomic E-state index is 12.6. The number of nitrogens with zero attached hydrogens (tertiary/aromatic N) is 1. The minimum Gasteiger partial charge on any atom is -0.234 e. The van der Waals surface area contributed by atoms with Gasteiger partial charge in [0, 0.05) is 22.8 Å². The Kier molecular flexibility index (Phi) is 3.01. The lowest BCUT2D eigenvalue weighted by atomic mass is 10.3. The van der Waals surface area contributed by atoms with Crippen LogP contribution in [0, 0.1) is 5.82 Å². The van der Waals surface area contributed by atoms with Gasteiger partial charge in [-0.3, -0.25) is 0 Å². The van der Waals surface area contributed by atoms with Crippen molar-refractivity contribution in [3.63, 3.8) is 0 Å². The molecule has 0 bridgehead atoms. The van der Waals surface area contributed by atoms with Gasteiger partial charge in [0.1, 0.15) is 11.5 Å². The predicted octanol–water partition coefficient (Wildman–Crippen LogP) is 2.09. The lowest BCUT2D eigenvalue weighted by molar-refractivity contribution is 0.144. The molecule has 0 aliphatic carbocycles. The molecular weight excluding hydrogens is 243 g/mol. The third kappa shape index (κ3) is 2.58. The second kappa shape index (κ2) is 3.74. The van der Waals surface area contributed by atoms with Gasteiger partial charge in [-0.25, -0.2) is 26.6 Å². The zero-order valence-electron chi connectivity index (χ0n) is 6.42. The van der Waals surface area contributed by atoms with E-state index in [4.69, 9.17) is 10.7 Å². The summed E-state index contributed by atoms with van der Waals surface area (Å²) < 4.78 is 58.0. The number of hydrogen-bond acceptors (Lipinski definition) is 3. The molecule has 0 spiro atoms. The molecule has 0 saturated carbocycles. The van der Waals surface area contributed by atoms with Crippen molar-refractivity contribution in [2.75, 3.05) is 0 Å². The SMILES string of the molecule is O=S(=O)(Cl)c1cc(F)cc(C(F)F)n1. The molecule has 1 rings (SSSR count). The van der Waals surface area contributed by atoms with Crippen LogP contribution in [-0.2, 0) is 9.05 Å². The van der Waals surface area contributed by atoms with E-state index in [1.807, 2.05) is 0 Å². The fourth-order valence-corrected chi connectivity index (χ4v) is 1.43. The Morgan fingerprint density at radius 2 is 1.93 bits per heavy atom. The maximum absolute atomic E-state index is 12.6. The summed E-state index contributed by atoms with van der Waals surface area (Å²) in [4.78, 5) is 2.99. The fraction of sp³-hybridized carbons (Fsp3) is 0.167. The van der Waals surface area contributed by atoms with Crippen LogP contribution in [0.2, 0.25) is 0 Å². The number of aromatic nitrogens is 1. The Morgan fingerprint density at radius 3 is 2.36 bits per heavy atom. The largest absolute Gasteiger partial charge is 0.280 e. The van der Waals surface area contributed by atoms with Crippen molar-refractivity contribution in [3.8, 4) is 0 Å². The first-order valence-electron chi connectivity index (χ1n) is 3.21. The first kappa shape index (κ1) is 11.3. The van der Waals surface area contributed by atoms with Crippen LogP contribution in [0.15, 0.2) is 17.2 Å². The Balaban J connectivity index is 3.35. The van der Waals surface area contributed by atoms with Crippen LogP contribution in [0.1, 0.15) is 12.1 Å². The van der Waals surface area contributed by atoms with Gasteiger partial charge in [0.2, 0.25) is 0 Å². The minimum absolute atomic E-state index is 0.441. The molecule has 0 aliphatic heterocycles. The van der Waals surface area contributed by atoms with Gasteiger partial charge >= 0.3 is 0 Å². The van der Waals surface area contributed by atoms with E-state index < -0.39 is 32.0 Å². The van der Waals surface area contributed by atoms with Crippen LogP contribution in [-0.4, -0.2) is 13.4 Å². The van der Waals surface area contributed by atoms with Crippen LogP contribution in [0.25, 0.3) is 0 Å². The molecule has 0 aliphatic rings. The molecule has 1 aromatic rings. The highest BCUT2D eigenvalue weighted by Crippen LogP contribution is 2.21. The van der Waals surface area contributed by atoms with Gasteiger partial charge in [0.25, 0.3) is 15.5 Å². The van der Waals surface area contributed by atoms with Gasteiger partial charge in [-0.15, -0.1) is 0 Å². The van der Waals surface area contributed by atoms with Gasteiger partial charge < -0.3 is 0 Å². The van der Waals surface area contributed by atoms with Gasteiger partial charge in [-0.05, 0) is 0 Å². The van der Waals surface area contributed by atoms with Crippen LogP contribution in [0.4, 0.5) is 13.2 Å². The second-order valence-electron chi connectivity index (χ2n) is 2.29. The Bertz CT molecular complexity index is 448. The van der Waals surface area contributed by atoms with Crippen molar-refractivity contribution in [1.82, 2.24) is 4.98 Å². The van der Waals surface area contributed by atoms with Crippen molar-refractivity contribution in [2.45, 2.75) is 11.5 Å². The highest BCUT2D eigenvalue weighted by atomic mass is 35.7. The molecule has 0 saturated heterocycles. The summed E-state index contributed by atoms with van der Waals surface area (Å²) in [5.74, 6) is -1.13. The fourth-order valence-electron chi connectivity index (χ4n) is 0.729. The van der Waals surface area contributed by atoms with Crippen LogP contribution < -0.4 is 0 Å². The van der Waals surface area contributed by atoms with Crippen molar-refractivity contribution in [1.29, 1.82) is 0 Å². The average molecular weight is 246 g/mol. The van der Waals surface area contributed by atoms with E-state index in [0.717, 1.165) is 0 Å². The topological polar surface area (TPSA) is 47.0 Å². The second-order valence-corrected chi connectivity index (χ2v) is 4.80. The summed E-state index contributed by atoms with van der Waals surface area (Å²) in [6.07, 6.45) is -3.05. The number of rotatable bonds is 2.